The lowest BCUT2D eigenvalue weighted by Gasteiger charge is -2.06. The van der Waals surface area contributed by atoms with E-state index < -0.39 is 11.7 Å². The summed E-state index contributed by atoms with van der Waals surface area (Å²) in [6.07, 6.45) is 0. The van der Waals surface area contributed by atoms with Gasteiger partial charge in [-0.3, -0.25) is 4.79 Å². The molecule has 0 fully saturated rings. The molecule has 1 aromatic carbocycles. The maximum atomic E-state index is 13.5. The van der Waals surface area contributed by atoms with Gasteiger partial charge in [-0.05, 0) is 18.2 Å². The Labute approximate surface area is 125 Å². The zero-order valence-electron chi connectivity index (χ0n) is 11.0. The maximum Gasteiger partial charge on any atom is 0.258 e. The lowest BCUT2D eigenvalue weighted by molar-refractivity contribution is 0.0944. The molecule has 108 valence electrons. The van der Waals surface area contributed by atoms with Crippen LogP contribution in [0.1, 0.15) is 20.8 Å². The lowest BCUT2D eigenvalue weighted by atomic mass is 10.1. The second-order valence-corrected chi connectivity index (χ2v) is 5.12. The van der Waals surface area contributed by atoms with Crippen LogP contribution in [0, 0.1) is 17.7 Å². The minimum absolute atomic E-state index is 0.238. The summed E-state index contributed by atoms with van der Waals surface area (Å²) < 4.78 is 13.5. The average Bonchev–Trinajstić information content (AvgIpc) is 2.90. The Morgan fingerprint density at radius 1 is 1.48 bits per heavy atom. The van der Waals surface area contributed by atoms with Gasteiger partial charge >= 0.3 is 0 Å². The third-order valence-electron chi connectivity index (χ3n) is 2.63. The van der Waals surface area contributed by atoms with Crippen LogP contribution in [-0.4, -0.2) is 17.6 Å². The first-order chi connectivity index (χ1) is 10.1. The van der Waals surface area contributed by atoms with E-state index in [9.17, 15) is 14.3 Å². The van der Waals surface area contributed by atoms with E-state index in [1.54, 1.807) is 0 Å². The number of benzene rings is 1. The summed E-state index contributed by atoms with van der Waals surface area (Å²) in [5, 5.41) is 13.9. The van der Waals surface area contributed by atoms with Gasteiger partial charge in [-0.2, -0.15) is 0 Å². The molecule has 0 radical (unpaired) electrons. The van der Waals surface area contributed by atoms with Gasteiger partial charge < -0.3 is 16.2 Å². The van der Waals surface area contributed by atoms with Gasteiger partial charge in [0.05, 0.1) is 13.1 Å². The standard InChI is InChI=1S/C15H13FN2O2S/c16-12-4-1-5-13(19)14(12)15(20)18-8-11-7-10(9-21-11)3-2-6-17/h1,4-5,7,9,19H,6,8,17H2,(H,18,20). The molecule has 1 aromatic heterocycles. The number of halogens is 1. The number of phenols is 1. The number of nitrogens with two attached hydrogens (primary N) is 1. The number of phenolic OH excluding ortho intramolecular Hbond substituents is 1. The highest BCUT2D eigenvalue weighted by molar-refractivity contribution is 7.10. The number of aromatic hydroxyl groups is 1. The number of rotatable bonds is 3. The van der Waals surface area contributed by atoms with Crippen LogP contribution in [0.25, 0.3) is 0 Å². The fourth-order valence-corrected chi connectivity index (χ4v) is 2.44. The molecule has 0 aliphatic heterocycles. The Morgan fingerprint density at radius 2 is 2.29 bits per heavy atom. The van der Waals surface area contributed by atoms with E-state index >= 15 is 0 Å². The van der Waals surface area contributed by atoms with Gasteiger partial charge in [-0.15, -0.1) is 11.3 Å². The number of nitrogens with one attached hydrogen (secondary N) is 1. The first-order valence-corrected chi connectivity index (χ1v) is 7.02. The third kappa shape index (κ3) is 3.81. The molecular weight excluding hydrogens is 291 g/mol. The summed E-state index contributed by atoms with van der Waals surface area (Å²) in [6, 6.07) is 5.56. The second-order valence-electron chi connectivity index (χ2n) is 4.12. The molecule has 0 spiro atoms. The largest absolute Gasteiger partial charge is 0.507 e. The molecule has 0 atom stereocenters. The van der Waals surface area contributed by atoms with Crippen LogP contribution in [0.3, 0.4) is 0 Å². The van der Waals surface area contributed by atoms with Crippen LogP contribution in [0.5, 0.6) is 5.75 Å². The third-order valence-corrected chi connectivity index (χ3v) is 3.57. The molecule has 0 aliphatic rings. The molecule has 4 N–H and O–H groups in total. The molecule has 1 amide bonds. The van der Waals surface area contributed by atoms with Gasteiger partial charge in [0.25, 0.3) is 5.91 Å². The molecule has 1 heterocycles. The van der Waals surface area contributed by atoms with Crippen molar-refractivity contribution in [2.24, 2.45) is 5.73 Å². The van der Waals surface area contributed by atoms with Gasteiger partial charge in [-0.25, -0.2) is 4.39 Å². The Balaban J connectivity index is 2.03. The van der Waals surface area contributed by atoms with Crippen molar-refractivity contribution in [3.8, 4) is 17.6 Å². The minimum atomic E-state index is -0.756. The van der Waals surface area contributed by atoms with Gasteiger partial charge in [-0.1, -0.05) is 17.9 Å². The number of carbonyl (C=O) groups excluding carboxylic acids is 1. The fourth-order valence-electron chi connectivity index (χ4n) is 1.69. The topological polar surface area (TPSA) is 75.3 Å². The smallest absolute Gasteiger partial charge is 0.258 e. The molecule has 4 nitrogen and oxygen atoms in total. The Morgan fingerprint density at radius 3 is 3.00 bits per heavy atom. The van der Waals surface area contributed by atoms with Gasteiger partial charge in [0, 0.05) is 15.8 Å². The molecule has 0 saturated heterocycles. The molecule has 0 aliphatic carbocycles. The van der Waals surface area contributed by atoms with E-state index in [1.165, 1.54) is 23.5 Å². The highest BCUT2D eigenvalue weighted by Gasteiger charge is 2.16. The normalized spacial score (nSPS) is 9.81. The van der Waals surface area contributed by atoms with Crippen LogP contribution < -0.4 is 11.1 Å². The van der Waals surface area contributed by atoms with Crippen LogP contribution in [0.4, 0.5) is 4.39 Å². The molecular formula is C15H13FN2O2S. The summed E-state index contributed by atoms with van der Waals surface area (Å²) in [7, 11) is 0. The zero-order valence-corrected chi connectivity index (χ0v) is 11.8. The van der Waals surface area contributed by atoms with Crippen molar-refractivity contribution in [1.82, 2.24) is 5.32 Å². The SMILES string of the molecule is NCC#Cc1csc(CNC(=O)c2c(O)cccc2F)c1. The van der Waals surface area contributed by atoms with Crippen LogP contribution >= 0.6 is 11.3 Å². The first kappa shape index (κ1) is 15.0. The number of amides is 1. The maximum absolute atomic E-state index is 13.5. The van der Waals surface area contributed by atoms with Crippen molar-refractivity contribution in [2.75, 3.05) is 6.54 Å². The monoisotopic (exact) mass is 304 g/mol. The predicted molar refractivity (Wildman–Crippen MR) is 79.5 cm³/mol. The van der Waals surface area contributed by atoms with Gasteiger partial charge in [0.15, 0.2) is 0 Å². The molecule has 6 heteroatoms. The summed E-state index contributed by atoms with van der Waals surface area (Å²) in [5.74, 6) is 3.83. The summed E-state index contributed by atoms with van der Waals surface area (Å²) >= 11 is 1.43. The van der Waals surface area contributed by atoms with Crippen LogP contribution in [0.2, 0.25) is 0 Å². The van der Waals surface area contributed by atoms with Crippen LogP contribution in [0.15, 0.2) is 29.6 Å². The van der Waals surface area contributed by atoms with E-state index in [2.05, 4.69) is 17.2 Å². The molecule has 2 rings (SSSR count). The quantitative estimate of drug-likeness (QED) is 0.757. The van der Waals surface area contributed by atoms with E-state index in [4.69, 9.17) is 5.73 Å². The summed E-state index contributed by atoms with van der Waals surface area (Å²) in [5.41, 5.74) is 5.76. The molecule has 0 unspecified atom stereocenters. The number of carbonyl (C=O) groups is 1. The van der Waals surface area contributed by atoms with Gasteiger partial charge in [0.2, 0.25) is 0 Å². The highest BCUT2D eigenvalue weighted by atomic mass is 32.1. The molecule has 0 bridgehead atoms. The van der Waals surface area contributed by atoms with Crippen molar-refractivity contribution in [3.05, 3.63) is 51.5 Å². The average molecular weight is 304 g/mol. The van der Waals surface area contributed by atoms with Crippen molar-refractivity contribution < 1.29 is 14.3 Å². The van der Waals surface area contributed by atoms with Crippen LogP contribution in [-0.2, 0) is 6.54 Å². The van der Waals surface area contributed by atoms with Crippen molar-refractivity contribution >= 4 is 17.2 Å². The summed E-state index contributed by atoms with van der Waals surface area (Å²) in [4.78, 5) is 12.8. The molecule has 21 heavy (non-hydrogen) atoms. The number of hydrogen-bond donors (Lipinski definition) is 3. The van der Waals surface area contributed by atoms with E-state index in [0.717, 1.165) is 16.5 Å². The lowest BCUT2D eigenvalue weighted by Crippen LogP contribution is -2.23. The Hall–Kier alpha value is -2.36. The van der Waals surface area contributed by atoms with E-state index in [1.807, 2.05) is 11.4 Å². The fraction of sp³-hybridized carbons (Fsp3) is 0.133. The highest BCUT2D eigenvalue weighted by Crippen LogP contribution is 2.20. The number of thiophene rings is 1. The van der Waals surface area contributed by atoms with Crippen molar-refractivity contribution in [3.63, 3.8) is 0 Å². The molecule has 0 saturated carbocycles. The van der Waals surface area contributed by atoms with Crippen molar-refractivity contribution in [2.45, 2.75) is 6.54 Å². The summed E-state index contributed by atoms with van der Waals surface area (Å²) in [6.45, 7) is 0.524. The Bertz CT molecular complexity index is 696. The van der Waals surface area contributed by atoms with Crippen molar-refractivity contribution in [1.29, 1.82) is 0 Å². The van der Waals surface area contributed by atoms with Gasteiger partial charge in [0.1, 0.15) is 17.1 Å². The van der Waals surface area contributed by atoms with E-state index in [-0.39, 0.29) is 24.4 Å². The zero-order chi connectivity index (χ0) is 15.2. The predicted octanol–water partition coefficient (Wildman–Crippen LogP) is 1.83. The second kappa shape index (κ2) is 6.88. The first-order valence-electron chi connectivity index (χ1n) is 6.14. The molecule has 2 aromatic rings. The number of hydrogen-bond acceptors (Lipinski definition) is 4. The minimum Gasteiger partial charge on any atom is -0.507 e. The van der Waals surface area contributed by atoms with E-state index in [0.29, 0.717) is 0 Å². The Kier molecular flexibility index (Phi) is 4.93.